The molecule has 1 aliphatic carbocycles. The number of rotatable bonds is 4. The van der Waals surface area contributed by atoms with Crippen LogP contribution in [-0.2, 0) is 0 Å². The molecule has 0 atom stereocenters. The van der Waals surface area contributed by atoms with E-state index in [4.69, 9.17) is 16.3 Å². The van der Waals surface area contributed by atoms with Crippen molar-refractivity contribution in [3.63, 3.8) is 0 Å². The highest BCUT2D eigenvalue weighted by Gasteiger charge is 2.23. The molecule has 1 amide bonds. The lowest BCUT2D eigenvalue weighted by molar-refractivity contribution is 0.0746. The van der Waals surface area contributed by atoms with Crippen molar-refractivity contribution in [2.24, 2.45) is 0 Å². The Morgan fingerprint density at radius 3 is 2.33 bits per heavy atom. The number of anilines is 1. The predicted molar refractivity (Wildman–Crippen MR) is 107 cm³/mol. The van der Waals surface area contributed by atoms with Crippen LogP contribution in [0.25, 0.3) is 0 Å². The van der Waals surface area contributed by atoms with E-state index in [9.17, 15) is 4.79 Å². The van der Waals surface area contributed by atoms with Gasteiger partial charge in [-0.3, -0.25) is 4.79 Å². The van der Waals surface area contributed by atoms with Crippen LogP contribution >= 0.6 is 11.6 Å². The first kappa shape index (κ1) is 18.1. The number of aromatic nitrogens is 1. The molecule has 142 valence electrons. The first-order chi connectivity index (χ1) is 13.2. The first-order valence-electron chi connectivity index (χ1n) is 9.61. The summed E-state index contributed by atoms with van der Waals surface area (Å²) in [5.41, 5.74) is 0.715. The molecule has 1 aromatic heterocycles. The molecule has 0 spiro atoms. The second-order valence-electron chi connectivity index (χ2n) is 7.16. The van der Waals surface area contributed by atoms with Crippen LogP contribution in [0.4, 0.5) is 5.82 Å². The Balaban J connectivity index is 1.32. The van der Waals surface area contributed by atoms with Gasteiger partial charge in [0.05, 0.1) is 11.1 Å². The zero-order chi connectivity index (χ0) is 18.6. The normalized spacial score (nSPS) is 18.0. The molecule has 4 rings (SSSR count). The summed E-state index contributed by atoms with van der Waals surface area (Å²) in [7, 11) is 0. The lowest BCUT2D eigenvalue weighted by Crippen LogP contribution is -2.49. The monoisotopic (exact) mass is 385 g/mol. The van der Waals surface area contributed by atoms with E-state index in [-0.39, 0.29) is 5.91 Å². The SMILES string of the molecule is O=C(c1ccc(OC2CCCC2)cc1)N1CCN(c2ccc(Cl)cn2)CC1. The van der Waals surface area contributed by atoms with Crippen molar-refractivity contribution in [1.82, 2.24) is 9.88 Å². The summed E-state index contributed by atoms with van der Waals surface area (Å²) in [6, 6.07) is 11.3. The minimum absolute atomic E-state index is 0.0751. The van der Waals surface area contributed by atoms with Crippen molar-refractivity contribution >= 4 is 23.3 Å². The van der Waals surface area contributed by atoms with Gasteiger partial charge in [-0.05, 0) is 62.1 Å². The Kier molecular flexibility index (Phi) is 5.48. The lowest BCUT2D eigenvalue weighted by Gasteiger charge is -2.35. The van der Waals surface area contributed by atoms with Crippen LogP contribution in [0.5, 0.6) is 5.75 Å². The summed E-state index contributed by atoms with van der Waals surface area (Å²) >= 11 is 5.90. The summed E-state index contributed by atoms with van der Waals surface area (Å²) in [4.78, 5) is 21.2. The first-order valence-corrected chi connectivity index (χ1v) is 9.99. The van der Waals surface area contributed by atoms with E-state index in [0.717, 1.165) is 37.5 Å². The van der Waals surface area contributed by atoms with E-state index < -0.39 is 0 Å². The van der Waals surface area contributed by atoms with Crippen LogP contribution in [0.1, 0.15) is 36.0 Å². The topological polar surface area (TPSA) is 45.7 Å². The number of ether oxygens (including phenoxy) is 1. The van der Waals surface area contributed by atoms with E-state index in [1.54, 1.807) is 6.20 Å². The number of carbonyl (C=O) groups is 1. The molecule has 2 fully saturated rings. The van der Waals surface area contributed by atoms with Gasteiger partial charge in [0.1, 0.15) is 11.6 Å². The van der Waals surface area contributed by atoms with Crippen LogP contribution in [0.2, 0.25) is 5.02 Å². The number of benzene rings is 1. The van der Waals surface area contributed by atoms with E-state index in [0.29, 0.717) is 29.8 Å². The van der Waals surface area contributed by atoms with E-state index in [1.165, 1.54) is 12.8 Å². The largest absolute Gasteiger partial charge is 0.490 e. The number of carbonyl (C=O) groups excluding carboxylic acids is 1. The molecule has 2 aliphatic rings. The Morgan fingerprint density at radius 2 is 1.70 bits per heavy atom. The fourth-order valence-corrected chi connectivity index (χ4v) is 3.86. The third-order valence-corrected chi connectivity index (χ3v) is 5.53. The Morgan fingerprint density at radius 1 is 1.00 bits per heavy atom. The maximum atomic E-state index is 12.8. The Hall–Kier alpha value is -2.27. The molecule has 27 heavy (non-hydrogen) atoms. The van der Waals surface area contributed by atoms with Crippen LogP contribution in [0.3, 0.4) is 0 Å². The molecule has 0 radical (unpaired) electrons. The standard InChI is InChI=1S/C21H24ClN3O2/c22-17-7-10-20(23-15-17)24-11-13-25(14-12-24)21(26)16-5-8-19(9-6-16)27-18-3-1-2-4-18/h5-10,15,18H,1-4,11-14H2. The maximum Gasteiger partial charge on any atom is 0.253 e. The highest BCUT2D eigenvalue weighted by molar-refractivity contribution is 6.30. The van der Waals surface area contributed by atoms with Gasteiger partial charge in [0.2, 0.25) is 0 Å². The fraction of sp³-hybridized carbons (Fsp3) is 0.429. The minimum Gasteiger partial charge on any atom is -0.490 e. The molecule has 6 heteroatoms. The number of piperazine rings is 1. The highest BCUT2D eigenvalue weighted by Crippen LogP contribution is 2.24. The van der Waals surface area contributed by atoms with Crippen LogP contribution in [-0.4, -0.2) is 48.1 Å². The van der Waals surface area contributed by atoms with Gasteiger partial charge >= 0.3 is 0 Å². The number of amides is 1. The Labute approximate surface area is 164 Å². The van der Waals surface area contributed by atoms with Crippen molar-refractivity contribution in [2.75, 3.05) is 31.1 Å². The molecule has 1 saturated heterocycles. The van der Waals surface area contributed by atoms with E-state index >= 15 is 0 Å². The molecule has 0 unspecified atom stereocenters. The fourth-order valence-electron chi connectivity index (χ4n) is 3.75. The summed E-state index contributed by atoms with van der Waals surface area (Å²) in [5.74, 6) is 1.84. The molecular formula is C21H24ClN3O2. The molecule has 1 saturated carbocycles. The number of halogens is 1. The average molecular weight is 386 g/mol. The van der Waals surface area contributed by atoms with Crippen LogP contribution < -0.4 is 9.64 Å². The summed E-state index contributed by atoms with van der Waals surface area (Å²) in [6.07, 6.45) is 6.75. The number of hydrogen-bond donors (Lipinski definition) is 0. The van der Waals surface area contributed by atoms with Gasteiger partial charge in [0.25, 0.3) is 5.91 Å². The molecule has 2 heterocycles. The second-order valence-corrected chi connectivity index (χ2v) is 7.60. The van der Waals surface area contributed by atoms with Crippen molar-refractivity contribution in [3.05, 3.63) is 53.2 Å². The zero-order valence-corrected chi connectivity index (χ0v) is 16.1. The van der Waals surface area contributed by atoms with Gasteiger partial charge in [-0.25, -0.2) is 4.98 Å². The van der Waals surface area contributed by atoms with Crippen LogP contribution in [0.15, 0.2) is 42.6 Å². The van der Waals surface area contributed by atoms with Gasteiger partial charge in [-0.15, -0.1) is 0 Å². The van der Waals surface area contributed by atoms with Gasteiger partial charge in [0.15, 0.2) is 0 Å². The van der Waals surface area contributed by atoms with Gasteiger partial charge in [-0.1, -0.05) is 11.6 Å². The van der Waals surface area contributed by atoms with Crippen molar-refractivity contribution < 1.29 is 9.53 Å². The molecule has 5 nitrogen and oxygen atoms in total. The van der Waals surface area contributed by atoms with Crippen molar-refractivity contribution in [1.29, 1.82) is 0 Å². The third-order valence-electron chi connectivity index (χ3n) is 5.31. The Bertz CT molecular complexity index is 765. The van der Waals surface area contributed by atoms with Crippen molar-refractivity contribution in [3.8, 4) is 5.75 Å². The number of nitrogens with zero attached hydrogens (tertiary/aromatic N) is 3. The molecular weight excluding hydrogens is 362 g/mol. The molecule has 1 aliphatic heterocycles. The number of pyridine rings is 1. The second kappa shape index (κ2) is 8.17. The minimum atomic E-state index is 0.0751. The summed E-state index contributed by atoms with van der Waals surface area (Å²) in [6.45, 7) is 2.90. The van der Waals surface area contributed by atoms with Crippen molar-refractivity contribution in [2.45, 2.75) is 31.8 Å². The van der Waals surface area contributed by atoms with Crippen LogP contribution in [0, 0.1) is 0 Å². The smallest absolute Gasteiger partial charge is 0.253 e. The summed E-state index contributed by atoms with van der Waals surface area (Å²) < 4.78 is 5.98. The van der Waals surface area contributed by atoms with Gasteiger partial charge < -0.3 is 14.5 Å². The maximum absolute atomic E-state index is 12.8. The molecule has 1 aromatic carbocycles. The third kappa shape index (κ3) is 4.35. The van der Waals surface area contributed by atoms with E-state index in [1.807, 2.05) is 41.3 Å². The lowest BCUT2D eigenvalue weighted by atomic mass is 10.1. The molecule has 0 bridgehead atoms. The van der Waals surface area contributed by atoms with E-state index in [2.05, 4.69) is 9.88 Å². The van der Waals surface area contributed by atoms with Gasteiger partial charge in [0, 0.05) is 37.9 Å². The quantitative estimate of drug-likeness (QED) is 0.797. The summed E-state index contributed by atoms with van der Waals surface area (Å²) in [5, 5.41) is 0.632. The average Bonchev–Trinajstić information content (AvgIpc) is 3.22. The predicted octanol–water partition coefficient (Wildman–Crippen LogP) is 4.02. The highest BCUT2D eigenvalue weighted by atomic mass is 35.5. The van der Waals surface area contributed by atoms with Gasteiger partial charge in [-0.2, -0.15) is 0 Å². The number of hydrogen-bond acceptors (Lipinski definition) is 4. The zero-order valence-electron chi connectivity index (χ0n) is 15.3. The molecule has 0 N–H and O–H groups in total. The molecule has 2 aromatic rings.